The first-order valence-corrected chi connectivity index (χ1v) is 7.88. The summed E-state index contributed by atoms with van der Waals surface area (Å²) in [5.41, 5.74) is 3.03. The van der Waals surface area contributed by atoms with Gasteiger partial charge in [-0.2, -0.15) is 5.10 Å². The lowest BCUT2D eigenvalue weighted by molar-refractivity contribution is 0.463. The second-order valence-electron chi connectivity index (χ2n) is 5.57. The lowest BCUT2D eigenvalue weighted by atomic mass is 10.0. The molecule has 2 heterocycles. The average molecular weight is 361 g/mol. The molecule has 3 rings (SSSR count). The standard InChI is InChI=1S/C16H17BrN4O/c1-9(2)11-6-5-10(3)12(7-11)22-16-13-14(17)20-21(4)15(13)18-8-19-16/h5-9H,1-4H3. The Bertz CT molecular complexity index is 842. The van der Waals surface area contributed by atoms with Gasteiger partial charge in [0.1, 0.15) is 22.1 Å². The average Bonchev–Trinajstić information content (AvgIpc) is 2.77. The number of aryl methyl sites for hydroxylation is 2. The monoisotopic (exact) mass is 360 g/mol. The maximum atomic E-state index is 6.07. The smallest absolute Gasteiger partial charge is 0.234 e. The van der Waals surface area contributed by atoms with Crippen molar-refractivity contribution in [2.75, 3.05) is 0 Å². The summed E-state index contributed by atoms with van der Waals surface area (Å²) in [7, 11) is 1.84. The first-order valence-electron chi connectivity index (χ1n) is 7.09. The Morgan fingerprint density at radius 2 is 2.00 bits per heavy atom. The fourth-order valence-corrected chi connectivity index (χ4v) is 2.87. The van der Waals surface area contributed by atoms with Crippen LogP contribution in [0, 0.1) is 6.92 Å². The van der Waals surface area contributed by atoms with Crippen LogP contribution in [0.3, 0.4) is 0 Å². The van der Waals surface area contributed by atoms with Gasteiger partial charge in [0, 0.05) is 7.05 Å². The van der Waals surface area contributed by atoms with Crippen LogP contribution >= 0.6 is 15.9 Å². The van der Waals surface area contributed by atoms with E-state index in [0.29, 0.717) is 16.4 Å². The van der Waals surface area contributed by atoms with Gasteiger partial charge in [-0.3, -0.25) is 0 Å². The molecule has 22 heavy (non-hydrogen) atoms. The fourth-order valence-electron chi connectivity index (χ4n) is 2.28. The molecular weight excluding hydrogens is 344 g/mol. The summed E-state index contributed by atoms with van der Waals surface area (Å²) in [5, 5.41) is 5.09. The Morgan fingerprint density at radius 3 is 2.73 bits per heavy atom. The van der Waals surface area contributed by atoms with Crippen LogP contribution < -0.4 is 4.74 Å². The molecule has 0 aliphatic heterocycles. The highest BCUT2D eigenvalue weighted by molar-refractivity contribution is 9.10. The third-order valence-electron chi connectivity index (χ3n) is 3.63. The van der Waals surface area contributed by atoms with Crippen molar-refractivity contribution in [3.05, 3.63) is 40.3 Å². The molecule has 0 radical (unpaired) electrons. The molecule has 0 N–H and O–H groups in total. The third-order valence-corrected chi connectivity index (χ3v) is 4.18. The molecule has 0 aliphatic carbocycles. The first kappa shape index (κ1) is 15.0. The van der Waals surface area contributed by atoms with Crippen molar-refractivity contribution >= 4 is 27.0 Å². The Hall–Kier alpha value is -1.95. The Kier molecular flexibility index (Phi) is 3.87. The van der Waals surface area contributed by atoms with Gasteiger partial charge < -0.3 is 4.74 Å². The summed E-state index contributed by atoms with van der Waals surface area (Å²) in [6.07, 6.45) is 1.49. The Labute approximate surface area is 137 Å². The molecule has 3 aromatic rings. The van der Waals surface area contributed by atoms with Crippen LogP contribution in [0.2, 0.25) is 0 Å². The number of benzene rings is 1. The number of aromatic nitrogens is 4. The molecule has 0 spiro atoms. The number of ether oxygens (including phenoxy) is 1. The Morgan fingerprint density at radius 1 is 1.23 bits per heavy atom. The summed E-state index contributed by atoms with van der Waals surface area (Å²) in [4.78, 5) is 8.53. The topological polar surface area (TPSA) is 52.8 Å². The third kappa shape index (κ3) is 2.59. The lowest BCUT2D eigenvalue weighted by Crippen LogP contribution is -1.96. The molecule has 0 fully saturated rings. The quantitative estimate of drug-likeness (QED) is 0.696. The van der Waals surface area contributed by atoms with Crippen LogP contribution in [-0.4, -0.2) is 19.7 Å². The predicted molar refractivity (Wildman–Crippen MR) is 89.3 cm³/mol. The van der Waals surface area contributed by atoms with Crippen LogP contribution in [0.1, 0.15) is 30.9 Å². The van der Waals surface area contributed by atoms with Crippen molar-refractivity contribution in [1.82, 2.24) is 19.7 Å². The highest BCUT2D eigenvalue weighted by Crippen LogP contribution is 2.34. The van der Waals surface area contributed by atoms with E-state index in [1.165, 1.54) is 11.9 Å². The number of nitrogens with zero attached hydrogens (tertiary/aromatic N) is 4. The number of hydrogen-bond acceptors (Lipinski definition) is 4. The van der Waals surface area contributed by atoms with Crippen LogP contribution in [0.15, 0.2) is 29.1 Å². The maximum absolute atomic E-state index is 6.07. The fraction of sp³-hybridized carbons (Fsp3) is 0.312. The first-order chi connectivity index (χ1) is 10.5. The molecular formula is C16H17BrN4O. The van der Waals surface area contributed by atoms with Crippen LogP contribution in [-0.2, 0) is 7.05 Å². The van der Waals surface area contributed by atoms with Gasteiger partial charge >= 0.3 is 0 Å². The zero-order valence-electron chi connectivity index (χ0n) is 13.0. The van der Waals surface area contributed by atoms with E-state index >= 15 is 0 Å². The highest BCUT2D eigenvalue weighted by Gasteiger charge is 2.16. The minimum absolute atomic E-state index is 0.443. The molecule has 0 unspecified atom stereocenters. The normalized spacial score (nSPS) is 11.4. The molecule has 0 saturated carbocycles. The molecule has 1 aromatic carbocycles. The zero-order valence-corrected chi connectivity index (χ0v) is 14.5. The van der Waals surface area contributed by atoms with Crippen molar-refractivity contribution in [2.24, 2.45) is 7.05 Å². The molecule has 6 heteroatoms. The van der Waals surface area contributed by atoms with Crippen LogP contribution in [0.4, 0.5) is 0 Å². The molecule has 0 atom stereocenters. The summed E-state index contributed by atoms with van der Waals surface area (Å²) in [5.74, 6) is 1.76. The van der Waals surface area contributed by atoms with E-state index in [1.54, 1.807) is 4.68 Å². The van der Waals surface area contributed by atoms with E-state index < -0.39 is 0 Å². The van der Waals surface area contributed by atoms with Crippen molar-refractivity contribution < 1.29 is 4.74 Å². The maximum Gasteiger partial charge on any atom is 0.234 e. The largest absolute Gasteiger partial charge is 0.438 e. The van der Waals surface area contributed by atoms with E-state index in [1.807, 2.05) is 14.0 Å². The van der Waals surface area contributed by atoms with Crippen LogP contribution in [0.5, 0.6) is 11.6 Å². The molecule has 0 amide bonds. The van der Waals surface area contributed by atoms with Crippen molar-refractivity contribution in [1.29, 1.82) is 0 Å². The highest BCUT2D eigenvalue weighted by atomic mass is 79.9. The van der Waals surface area contributed by atoms with E-state index in [-0.39, 0.29) is 0 Å². The SMILES string of the molecule is Cc1ccc(C(C)C)cc1Oc1ncnc2c1c(Br)nn2C. The Balaban J connectivity index is 2.09. The van der Waals surface area contributed by atoms with E-state index in [0.717, 1.165) is 22.3 Å². The van der Waals surface area contributed by atoms with E-state index in [9.17, 15) is 0 Å². The molecule has 0 aliphatic rings. The van der Waals surface area contributed by atoms with E-state index in [2.05, 4.69) is 63.0 Å². The number of halogens is 1. The van der Waals surface area contributed by atoms with Gasteiger partial charge in [0.05, 0.1) is 0 Å². The summed E-state index contributed by atoms with van der Waals surface area (Å²) < 4.78 is 8.45. The van der Waals surface area contributed by atoms with Crippen molar-refractivity contribution in [2.45, 2.75) is 26.7 Å². The van der Waals surface area contributed by atoms with Crippen molar-refractivity contribution in [3.63, 3.8) is 0 Å². The van der Waals surface area contributed by atoms with Gasteiger partial charge in [-0.25, -0.2) is 14.6 Å². The molecule has 2 aromatic heterocycles. The molecule has 0 bridgehead atoms. The zero-order chi connectivity index (χ0) is 15.9. The van der Waals surface area contributed by atoms with E-state index in [4.69, 9.17) is 4.74 Å². The van der Waals surface area contributed by atoms with Gasteiger partial charge in [0.25, 0.3) is 0 Å². The van der Waals surface area contributed by atoms with Gasteiger partial charge in [0.2, 0.25) is 5.88 Å². The lowest BCUT2D eigenvalue weighted by Gasteiger charge is -2.12. The number of fused-ring (bicyclic) bond motifs is 1. The van der Waals surface area contributed by atoms with Gasteiger partial charge in [0.15, 0.2) is 5.65 Å². The van der Waals surface area contributed by atoms with Gasteiger partial charge in [-0.1, -0.05) is 26.0 Å². The molecule has 0 saturated heterocycles. The van der Waals surface area contributed by atoms with Gasteiger partial charge in [-0.05, 0) is 46.0 Å². The minimum atomic E-state index is 0.443. The van der Waals surface area contributed by atoms with Crippen molar-refractivity contribution in [3.8, 4) is 11.6 Å². The van der Waals surface area contributed by atoms with Gasteiger partial charge in [-0.15, -0.1) is 0 Å². The minimum Gasteiger partial charge on any atom is -0.438 e. The number of hydrogen-bond donors (Lipinski definition) is 0. The second kappa shape index (κ2) is 5.68. The van der Waals surface area contributed by atoms with Crippen LogP contribution in [0.25, 0.3) is 11.0 Å². The molecule has 114 valence electrons. The summed E-state index contributed by atoms with van der Waals surface area (Å²) in [6, 6.07) is 6.27. The second-order valence-corrected chi connectivity index (χ2v) is 6.32. The number of rotatable bonds is 3. The predicted octanol–water partition coefficient (Wildman–Crippen LogP) is 4.35. The summed E-state index contributed by atoms with van der Waals surface area (Å²) in [6.45, 7) is 6.35. The molecule has 5 nitrogen and oxygen atoms in total. The summed E-state index contributed by atoms with van der Waals surface area (Å²) >= 11 is 3.45.